The first-order valence-corrected chi connectivity index (χ1v) is 7.29. The van der Waals surface area contributed by atoms with Gasteiger partial charge in [-0.1, -0.05) is 12.1 Å². The van der Waals surface area contributed by atoms with Gasteiger partial charge in [-0.25, -0.2) is 0 Å². The number of hydrogen-bond donors (Lipinski definition) is 0. The molecule has 0 saturated carbocycles. The molecular formula is C17H18O5. The molecule has 0 radical (unpaired) electrons. The summed E-state index contributed by atoms with van der Waals surface area (Å²) in [6, 6.07) is 7.45. The zero-order valence-corrected chi connectivity index (χ0v) is 12.6. The Labute approximate surface area is 128 Å². The number of carbonyl (C=O) groups excluding carboxylic acids is 2. The first-order chi connectivity index (χ1) is 10.7. The van der Waals surface area contributed by atoms with Crippen LogP contribution in [0.2, 0.25) is 0 Å². The summed E-state index contributed by atoms with van der Waals surface area (Å²) in [5.74, 6) is -0.926. The molecule has 116 valence electrons. The second-order valence-electron chi connectivity index (χ2n) is 5.43. The fourth-order valence-electron chi connectivity index (χ4n) is 3.26. The molecule has 0 N–H and O–H groups in total. The molecule has 0 bridgehead atoms. The molecule has 0 fully saturated rings. The molecule has 0 unspecified atom stereocenters. The van der Waals surface area contributed by atoms with Crippen molar-refractivity contribution in [2.75, 3.05) is 20.8 Å². The van der Waals surface area contributed by atoms with Gasteiger partial charge < -0.3 is 14.2 Å². The Morgan fingerprint density at radius 3 is 2.86 bits per heavy atom. The van der Waals surface area contributed by atoms with E-state index < -0.39 is 11.9 Å². The van der Waals surface area contributed by atoms with Gasteiger partial charge in [0.25, 0.3) is 0 Å². The standard InChI is InChI=1S/C17H18O5/c1-20-11-6-3-5-10(9-11)13-12-7-4-8-22-16(12)15(18)14(13)17(19)21-2/h3,5-6,9,13-14H,4,7-8H2,1-2H3/t13-,14+/m1/s1. The van der Waals surface area contributed by atoms with Gasteiger partial charge in [0, 0.05) is 5.92 Å². The van der Waals surface area contributed by atoms with Crippen molar-refractivity contribution in [3.63, 3.8) is 0 Å². The molecule has 1 aromatic carbocycles. The number of ether oxygens (including phenoxy) is 3. The van der Waals surface area contributed by atoms with E-state index in [1.54, 1.807) is 7.11 Å². The lowest BCUT2D eigenvalue weighted by atomic mass is 9.83. The van der Waals surface area contributed by atoms with Crippen LogP contribution < -0.4 is 4.74 Å². The van der Waals surface area contributed by atoms with Gasteiger partial charge in [0.05, 0.1) is 20.8 Å². The zero-order chi connectivity index (χ0) is 15.7. The number of esters is 1. The first kappa shape index (κ1) is 14.6. The van der Waals surface area contributed by atoms with Crippen LogP contribution in [0.4, 0.5) is 0 Å². The van der Waals surface area contributed by atoms with Crippen LogP contribution in [0.25, 0.3) is 0 Å². The van der Waals surface area contributed by atoms with Crippen molar-refractivity contribution in [3.8, 4) is 5.75 Å². The Kier molecular flexibility index (Phi) is 3.88. The number of methoxy groups -OCH3 is 2. The summed E-state index contributed by atoms with van der Waals surface area (Å²) < 4.78 is 15.6. The average molecular weight is 302 g/mol. The van der Waals surface area contributed by atoms with Crippen molar-refractivity contribution in [1.29, 1.82) is 0 Å². The van der Waals surface area contributed by atoms with Gasteiger partial charge in [0.15, 0.2) is 5.76 Å². The lowest BCUT2D eigenvalue weighted by Gasteiger charge is -2.22. The fraction of sp³-hybridized carbons (Fsp3) is 0.412. The van der Waals surface area contributed by atoms with Crippen LogP contribution in [0, 0.1) is 5.92 Å². The number of rotatable bonds is 3. The highest BCUT2D eigenvalue weighted by molar-refractivity contribution is 6.11. The second kappa shape index (κ2) is 5.83. The minimum atomic E-state index is -0.861. The Hall–Kier alpha value is -2.30. The molecular weight excluding hydrogens is 284 g/mol. The predicted octanol–water partition coefficient (Wildman–Crippen LogP) is 2.22. The summed E-state index contributed by atoms with van der Waals surface area (Å²) in [5, 5.41) is 0. The maximum atomic E-state index is 12.6. The number of ketones is 1. The van der Waals surface area contributed by atoms with E-state index in [1.807, 2.05) is 24.3 Å². The monoisotopic (exact) mass is 302 g/mol. The molecule has 0 amide bonds. The molecule has 1 aromatic rings. The second-order valence-corrected chi connectivity index (χ2v) is 5.43. The van der Waals surface area contributed by atoms with Crippen LogP contribution in [0.15, 0.2) is 35.6 Å². The van der Waals surface area contributed by atoms with E-state index in [0.717, 1.165) is 24.0 Å². The lowest BCUT2D eigenvalue weighted by Crippen LogP contribution is -2.27. The van der Waals surface area contributed by atoms with E-state index in [1.165, 1.54) is 7.11 Å². The number of carbonyl (C=O) groups is 2. The third-order valence-corrected chi connectivity index (χ3v) is 4.25. The summed E-state index contributed by atoms with van der Waals surface area (Å²) in [7, 11) is 2.89. The minimum Gasteiger partial charge on any atom is -0.497 e. The summed E-state index contributed by atoms with van der Waals surface area (Å²) in [4.78, 5) is 24.7. The summed E-state index contributed by atoms with van der Waals surface area (Å²) in [6.07, 6.45) is 1.61. The highest BCUT2D eigenvalue weighted by atomic mass is 16.5. The van der Waals surface area contributed by atoms with Crippen LogP contribution in [0.3, 0.4) is 0 Å². The van der Waals surface area contributed by atoms with E-state index in [-0.39, 0.29) is 11.7 Å². The summed E-state index contributed by atoms with van der Waals surface area (Å²) in [5.41, 5.74) is 1.78. The molecule has 1 heterocycles. The van der Waals surface area contributed by atoms with Crippen molar-refractivity contribution in [3.05, 3.63) is 41.2 Å². The predicted molar refractivity (Wildman–Crippen MR) is 78.5 cm³/mol. The number of hydrogen-bond acceptors (Lipinski definition) is 5. The minimum absolute atomic E-state index is 0.269. The third kappa shape index (κ3) is 2.26. The van der Waals surface area contributed by atoms with Crippen molar-refractivity contribution in [1.82, 2.24) is 0 Å². The normalized spacial score (nSPS) is 23.8. The Balaban J connectivity index is 2.08. The van der Waals surface area contributed by atoms with Crippen molar-refractivity contribution < 1.29 is 23.8 Å². The molecule has 0 spiro atoms. The van der Waals surface area contributed by atoms with Crippen LogP contribution in [-0.2, 0) is 19.1 Å². The van der Waals surface area contributed by atoms with E-state index in [9.17, 15) is 9.59 Å². The van der Waals surface area contributed by atoms with Crippen LogP contribution in [0.1, 0.15) is 24.3 Å². The smallest absolute Gasteiger partial charge is 0.317 e. The van der Waals surface area contributed by atoms with E-state index in [2.05, 4.69) is 0 Å². The third-order valence-electron chi connectivity index (χ3n) is 4.25. The molecule has 5 nitrogen and oxygen atoms in total. The molecule has 1 aliphatic heterocycles. The number of Topliss-reactive ketones (excluding diaryl/α,β-unsaturated/α-hetero) is 1. The molecule has 3 rings (SSSR count). The van der Waals surface area contributed by atoms with Crippen LogP contribution in [-0.4, -0.2) is 32.6 Å². The topological polar surface area (TPSA) is 61.8 Å². The Morgan fingerprint density at radius 2 is 2.14 bits per heavy atom. The highest BCUT2D eigenvalue weighted by Gasteiger charge is 2.49. The highest BCUT2D eigenvalue weighted by Crippen LogP contribution is 2.46. The molecule has 5 heteroatoms. The zero-order valence-electron chi connectivity index (χ0n) is 12.6. The molecule has 2 aliphatic rings. The van der Waals surface area contributed by atoms with Crippen molar-refractivity contribution >= 4 is 11.8 Å². The maximum absolute atomic E-state index is 12.6. The van der Waals surface area contributed by atoms with Gasteiger partial charge >= 0.3 is 5.97 Å². The maximum Gasteiger partial charge on any atom is 0.317 e. The molecule has 0 saturated heterocycles. The quantitative estimate of drug-likeness (QED) is 0.633. The fourth-order valence-corrected chi connectivity index (χ4v) is 3.26. The van der Waals surface area contributed by atoms with E-state index >= 15 is 0 Å². The number of benzene rings is 1. The Bertz CT molecular complexity index is 646. The molecule has 2 atom stereocenters. The molecule has 22 heavy (non-hydrogen) atoms. The van der Waals surface area contributed by atoms with Gasteiger partial charge in [-0.15, -0.1) is 0 Å². The Morgan fingerprint density at radius 1 is 1.32 bits per heavy atom. The van der Waals surface area contributed by atoms with Crippen molar-refractivity contribution in [2.24, 2.45) is 5.92 Å². The molecule has 1 aliphatic carbocycles. The SMILES string of the molecule is COC(=O)[C@@H]1C(=O)C2=C(CCCO2)[C@H]1c1cccc(OC)c1. The first-order valence-electron chi connectivity index (χ1n) is 7.29. The lowest BCUT2D eigenvalue weighted by molar-refractivity contribution is -0.149. The van der Waals surface area contributed by atoms with Gasteiger partial charge in [-0.05, 0) is 36.1 Å². The van der Waals surface area contributed by atoms with Gasteiger partial charge in [-0.3, -0.25) is 9.59 Å². The largest absolute Gasteiger partial charge is 0.497 e. The van der Waals surface area contributed by atoms with Crippen LogP contribution in [0.5, 0.6) is 5.75 Å². The summed E-state index contributed by atoms with van der Waals surface area (Å²) in [6.45, 7) is 0.517. The van der Waals surface area contributed by atoms with E-state index in [4.69, 9.17) is 14.2 Å². The molecule has 0 aromatic heterocycles. The van der Waals surface area contributed by atoms with Gasteiger partial charge in [-0.2, -0.15) is 0 Å². The number of allylic oxidation sites excluding steroid dienone is 2. The van der Waals surface area contributed by atoms with Crippen LogP contribution >= 0.6 is 0 Å². The summed E-state index contributed by atoms with van der Waals surface area (Å²) >= 11 is 0. The van der Waals surface area contributed by atoms with Crippen molar-refractivity contribution in [2.45, 2.75) is 18.8 Å². The van der Waals surface area contributed by atoms with Gasteiger partial charge in [0.1, 0.15) is 11.7 Å². The van der Waals surface area contributed by atoms with E-state index in [0.29, 0.717) is 18.1 Å². The average Bonchev–Trinajstić information content (AvgIpc) is 2.87. The van der Waals surface area contributed by atoms with Gasteiger partial charge in [0.2, 0.25) is 5.78 Å².